The zero-order valence-corrected chi connectivity index (χ0v) is 14.5. The third-order valence-corrected chi connectivity index (χ3v) is 4.43. The Kier molecular flexibility index (Phi) is 4.07. The Morgan fingerprint density at radius 1 is 1.08 bits per heavy atom. The number of anilines is 1. The van der Waals surface area contributed by atoms with Gasteiger partial charge in [0.05, 0.1) is 5.69 Å². The number of nitrogens with zero attached hydrogens (tertiary/aromatic N) is 8. The largest absolute Gasteiger partial charge is 0.361 e. The summed E-state index contributed by atoms with van der Waals surface area (Å²) in [5, 5.41) is 7.95. The van der Waals surface area contributed by atoms with Crippen LogP contribution < -0.4 is 4.90 Å². The average molecular weight is 354 g/mol. The molecule has 10 heteroatoms. The summed E-state index contributed by atoms with van der Waals surface area (Å²) >= 11 is 0. The van der Waals surface area contributed by atoms with Crippen LogP contribution in [0.25, 0.3) is 5.82 Å². The smallest absolute Gasteiger partial charge is 0.259 e. The van der Waals surface area contributed by atoms with E-state index in [2.05, 4.69) is 30.1 Å². The maximum absolute atomic E-state index is 12.7. The summed E-state index contributed by atoms with van der Waals surface area (Å²) in [6, 6.07) is 1.86. The number of amides is 1. The summed E-state index contributed by atoms with van der Waals surface area (Å²) in [5.41, 5.74) is 1.19. The number of carbonyl (C=O) groups excluding carboxylic acids is 1. The first-order chi connectivity index (χ1) is 12.6. The summed E-state index contributed by atoms with van der Waals surface area (Å²) in [5.74, 6) is 1.98. The Bertz CT molecular complexity index is 893. The third-order valence-electron chi connectivity index (χ3n) is 4.43. The van der Waals surface area contributed by atoms with E-state index in [-0.39, 0.29) is 5.91 Å². The number of hydrogen-bond donors (Lipinski definition) is 0. The van der Waals surface area contributed by atoms with Crippen molar-refractivity contribution in [3.63, 3.8) is 0 Å². The molecule has 10 nitrogen and oxygen atoms in total. The maximum atomic E-state index is 12.7. The first kappa shape index (κ1) is 16.2. The molecule has 134 valence electrons. The molecule has 0 aromatic carbocycles. The van der Waals surface area contributed by atoms with Gasteiger partial charge in [-0.05, 0) is 13.8 Å². The van der Waals surface area contributed by atoms with Crippen molar-refractivity contribution in [3.8, 4) is 5.82 Å². The number of hydrogen-bond acceptors (Lipinski definition) is 8. The van der Waals surface area contributed by atoms with E-state index in [9.17, 15) is 4.79 Å². The van der Waals surface area contributed by atoms with Crippen molar-refractivity contribution in [3.05, 3.63) is 42.1 Å². The standard InChI is InChI=1S/C16H18N8O2/c1-11-15(12(2)26-21-11)16(25)23-5-3-22(4-6-23)13-7-14(19-9-18-13)24-10-17-8-20-24/h7-10H,3-6H2,1-2H3. The van der Waals surface area contributed by atoms with E-state index in [0.717, 1.165) is 5.82 Å². The van der Waals surface area contributed by atoms with Crippen molar-refractivity contribution in [1.29, 1.82) is 0 Å². The lowest BCUT2D eigenvalue weighted by atomic mass is 10.1. The van der Waals surface area contributed by atoms with Gasteiger partial charge in [0.25, 0.3) is 5.91 Å². The van der Waals surface area contributed by atoms with E-state index in [0.29, 0.717) is 49.0 Å². The Labute approximate surface area is 149 Å². The molecule has 1 amide bonds. The van der Waals surface area contributed by atoms with Crippen molar-refractivity contribution in [2.24, 2.45) is 0 Å². The molecule has 1 aliphatic rings. The fourth-order valence-corrected chi connectivity index (χ4v) is 3.05. The summed E-state index contributed by atoms with van der Waals surface area (Å²) in [6.45, 7) is 6.12. The van der Waals surface area contributed by atoms with E-state index in [1.54, 1.807) is 24.9 Å². The first-order valence-corrected chi connectivity index (χ1v) is 8.27. The highest BCUT2D eigenvalue weighted by molar-refractivity contribution is 5.96. The van der Waals surface area contributed by atoms with Crippen molar-refractivity contribution in [1.82, 2.24) is 34.8 Å². The Morgan fingerprint density at radius 2 is 1.85 bits per heavy atom. The average Bonchev–Trinajstić information content (AvgIpc) is 3.32. The normalized spacial score (nSPS) is 14.7. The number of aryl methyl sites for hydroxylation is 2. The molecule has 0 radical (unpaired) electrons. The van der Waals surface area contributed by atoms with Gasteiger partial charge in [-0.25, -0.2) is 19.6 Å². The van der Waals surface area contributed by atoms with E-state index in [1.165, 1.54) is 12.7 Å². The lowest BCUT2D eigenvalue weighted by molar-refractivity contribution is 0.0744. The zero-order chi connectivity index (χ0) is 18.1. The van der Waals surface area contributed by atoms with Gasteiger partial charge in [-0.2, -0.15) is 5.10 Å². The van der Waals surface area contributed by atoms with E-state index >= 15 is 0 Å². The number of carbonyl (C=O) groups is 1. The molecule has 1 fully saturated rings. The van der Waals surface area contributed by atoms with Crippen LogP contribution in [-0.2, 0) is 0 Å². The van der Waals surface area contributed by atoms with Crippen LogP contribution in [0.15, 0.2) is 29.6 Å². The summed E-state index contributed by atoms with van der Waals surface area (Å²) in [7, 11) is 0. The third kappa shape index (κ3) is 2.89. The van der Waals surface area contributed by atoms with Crippen LogP contribution in [0.4, 0.5) is 5.82 Å². The van der Waals surface area contributed by atoms with Crippen molar-refractivity contribution >= 4 is 11.7 Å². The Hall–Kier alpha value is -3.30. The molecular weight excluding hydrogens is 336 g/mol. The maximum Gasteiger partial charge on any atom is 0.259 e. The molecular formula is C16H18N8O2. The highest BCUT2D eigenvalue weighted by Gasteiger charge is 2.27. The Morgan fingerprint density at radius 3 is 2.50 bits per heavy atom. The van der Waals surface area contributed by atoms with Gasteiger partial charge in [0.1, 0.15) is 36.1 Å². The van der Waals surface area contributed by atoms with Gasteiger partial charge in [0.2, 0.25) is 0 Å². The van der Waals surface area contributed by atoms with Crippen molar-refractivity contribution in [2.45, 2.75) is 13.8 Å². The molecule has 1 aliphatic heterocycles. The molecule has 0 aliphatic carbocycles. The van der Waals surface area contributed by atoms with Gasteiger partial charge < -0.3 is 14.3 Å². The second-order valence-electron chi connectivity index (χ2n) is 6.05. The molecule has 4 heterocycles. The number of piperazine rings is 1. The lowest BCUT2D eigenvalue weighted by Crippen LogP contribution is -2.49. The number of aromatic nitrogens is 6. The van der Waals surface area contributed by atoms with Gasteiger partial charge in [0, 0.05) is 32.2 Å². The van der Waals surface area contributed by atoms with Gasteiger partial charge in [0.15, 0.2) is 5.82 Å². The van der Waals surface area contributed by atoms with E-state index < -0.39 is 0 Å². The van der Waals surface area contributed by atoms with Gasteiger partial charge in [-0.15, -0.1) is 0 Å². The quantitative estimate of drug-likeness (QED) is 0.674. The second kappa shape index (κ2) is 6.54. The van der Waals surface area contributed by atoms with Crippen LogP contribution in [-0.4, -0.2) is 66.9 Å². The molecule has 0 saturated carbocycles. The summed E-state index contributed by atoms with van der Waals surface area (Å²) in [4.78, 5) is 29.2. The molecule has 0 bridgehead atoms. The molecule has 0 unspecified atom stereocenters. The number of rotatable bonds is 3. The van der Waals surface area contributed by atoms with Crippen LogP contribution in [0.3, 0.4) is 0 Å². The Balaban J connectivity index is 1.46. The molecule has 3 aromatic heterocycles. The topological polar surface area (TPSA) is 106 Å². The molecule has 26 heavy (non-hydrogen) atoms. The minimum Gasteiger partial charge on any atom is -0.361 e. The first-order valence-electron chi connectivity index (χ1n) is 8.27. The molecule has 1 saturated heterocycles. The lowest BCUT2D eigenvalue weighted by Gasteiger charge is -2.35. The van der Waals surface area contributed by atoms with Crippen molar-refractivity contribution in [2.75, 3.05) is 31.1 Å². The van der Waals surface area contributed by atoms with Crippen LogP contribution in [0.5, 0.6) is 0 Å². The monoisotopic (exact) mass is 354 g/mol. The van der Waals surface area contributed by atoms with Gasteiger partial charge in [-0.1, -0.05) is 5.16 Å². The minimum atomic E-state index is -0.0353. The molecule has 0 atom stereocenters. The second-order valence-corrected chi connectivity index (χ2v) is 6.05. The highest BCUT2D eigenvalue weighted by Crippen LogP contribution is 2.19. The molecule has 3 aromatic rings. The van der Waals surface area contributed by atoms with Gasteiger partial charge >= 0.3 is 0 Å². The van der Waals surface area contributed by atoms with Crippen LogP contribution >= 0.6 is 0 Å². The van der Waals surface area contributed by atoms with Gasteiger partial charge in [-0.3, -0.25) is 4.79 Å². The fourth-order valence-electron chi connectivity index (χ4n) is 3.05. The molecule has 4 rings (SSSR count). The highest BCUT2D eigenvalue weighted by atomic mass is 16.5. The summed E-state index contributed by atoms with van der Waals surface area (Å²) in [6.07, 6.45) is 4.56. The summed E-state index contributed by atoms with van der Waals surface area (Å²) < 4.78 is 6.69. The van der Waals surface area contributed by atoms with Crippen LogP contribution in [0.1, 0.15) is 21.8 Å². The predicted octanol–water partition coefficient (Wildman–Crippen LogP) is 0.625. The van der Waals surface area contributed by atoms with Crippen LogP contribution in [0, 0.1) is 13.8 Å². The SMILES string of the molecule is Cc1noc(C)c1C(=O)N1CCN(c2cc(-n3cncn3)ncn2)CC1. The van der Waals surface area contributed by atoms with Crippen LogP contribution in [0.2, 0.25) is 0 Å². The fraction of sp³-hybridized carbons (Fsp3) is 0.375. The minimum absolute atomic E-state index is 0.0353. The molecule has 0 spiro atoms. The van der Waals surface area contributed by atoms with E-state index in [1.807, 2.05) is 11.0 Å². The van der Waals surface area contributed by atoms with E-state index in [4.69, 9.17) is 4.52 Å². The zero-order valence-electron chi connectivity index (χ0n) is 14.5. The predicted molar refractivity (Wildman–Crippen MR) is 91.0 cm³/mol. The van der Waals surface area contributed by atoms with Crippen molar-refractivity contribution < 1.29 is 9.32 Å². The molecule has 0 N–H and O–H groups in total.